The lowest BCUT2D eigenvalue weighted by Gasteiger charge is -2.33. The maximum atomic E-state index is 10.7. The number of piperazine rings is 1. The molecule has 1 aliphatic heterocycles. The molecule has 1 fully saturated rings. The van der Waals surface area contributed by atoms with Crippen LogP contribution < -0.4 is 0 Å². The maximum Gasteiger partial charge on any atom is 0.324 e. The first-order chi connectivity index (χ1) is 10.6. The number of hydrogen-bond acceptors (Lipinski definition) is 8. The third-order valence-corrected chi connectivity index (χ3v) is 4.55. The molecule has 0 spiro atoms. The normalized spacial score (nSPS) is 17.0. The summed E-state index contributed by atoms with van der Waals surface area (Å²) < 4.78 is 4.98. The minimum absolute atomic E-state index is 0.209. The number of nitrogens with zero attached hydrogens (tertiary/aromatic N) is 5. The van der Waals surface area contributed by atoms with E-state index >= 15 is 0 Å². The monoisotopic (exact) mass is 323 g/mol. The molecule has 118 valence electrons. The fraction of sp³-hybridized carbons (Fsp3) is 0.538. The third kappa shape index (κ3) is 3.67. The van der Waals surface area contributed by atoms with Gasteiger partial charge in [0.15, 0.2) is 5.82 Å². The number of aromatic nitrogens is 2. The second-order valence-electron chi connectivity index (χ2n) is 5.33. The highest BCUT2D eigenvalue weighted by Crippen LogP contribution is 2.23. The summed E-state index contributed by atoms with van der Waals surface area (Å²) in [6.45, 7) is 6.98. The van der Waals surface area contributed by atoms with Gasteiger partial charge in [0.1, 0.15) is 0 Å². The lowest BCUT2D eigenvalue weighted by molar-refractivity contribution is -0.380. The van der Waals surface area contributed by atoms with Crippen LogP contribution in [0, 0.1) is 17.0 Å². The van der Waals surface area contributed by atoms with Gasteiger partial charge in [0.05, 0.1) is 11.5 Å². The van der Waals surface area contributed by atoms with Gasteiger partial charge in [-0.1, -0.05) is 16.5 Å². The van der Waals surface area contributed by atoms with Crippen molar-refractivity contribution < 1.29 is 9.45 Å². The molecule has 9 heteroatoms. The quantitative estimate of drug-likeness (QED) is 0.610. The fourth-order valence-corrected chi connectivity index (χ4v) is 3.23. The van der Waals surface area contributed by atoms with E-state index in [0.717, 1.165) is 44.1 Å². The van der Waals surface area contributed by atoms with Crippen molar-refractivity contribution in [3.05, 3.63) is 38.8 Å². The maximum absolute atomic E-state index is 10.7. The Bertz CT molecular complexity index is 648. The molecule has 3 rings (SSSR count). The van der Waals surface area contributed by atoms with Gasteiger partial charge in [-0.15, -0.1) is 0 Å². The van der Waals surface area contributed by atoms with Crippen LogP contribution in [0.4, 0.5) is 5.00 Å². The van der Waals surface area contributed by atoms with Crippen molar-refractivity contribution in [2.45, 2.75) is 20.0 Å². The average molecular weight is 323 g/mol. The summed E-state index contributed by atoms with van der Waals surface area (Å²) in [5.41, 5.74) is 1.01. The van der Waals surface area contributed by atoms with Crippen LogP contribution in [0.2, 0.25) is 0 Å². The lowest BCUT2D eigenvalue weighted by Crippen LogP contribution is -2.45. The Kier molecular flexibility index (Phi) is 4.46. The van der Waals surface area contributed by atoms with Crippen LogP contribution in [0.1, 0.15) is 17.3 Å². The van der Waals surface area contributed by atoms with Crippen LogP contribution in [0.15, 0.2) is 16.0 Å². The van der Waals surface area contributed by atoms with Gasteiger partial charge in [-0.3, -0.25) is 19.9 Å². The molecule has 0 aromatic carbocycles. The summed E-state index contributed by atoms with van der Waals surface area (Å²) in [5, 5.41) is 16.7. The number of thiophene rings is 1. The van der Waals surface area contributed by atoms with Crippen LogP contribution in [-0.2, 0) is 13.1 Å². The molecule has 0 unspecified atom stereocenters. The number of rotatable bonds is 5. The first kappa shape index (κ1) is 15.1. The van der Waals surface area contributed by atoms with Crippen molar-refractivity contribution in [2.24, 2.45) is 0 Å². The van der Waals surface area contributed by atoms with Gasteiger partial charge in [0.2, 0.25) is 5.89 Å². The van der Waals surface area contributed by atoms with Gasteiger partial charge in [0, 0.05) is 51.1 Å². The molecule has 0 saturated carbocycles. The van der Waals surface area contributed by atoms with E-state index in [1.807, 2.05) is 5.38 Å². The van der Waals surface area contributed by atoms with Gasteiger partial charge in [0.25, 0.3) is 0 Å². The summed E-state index contributed by atoms with van der Waals surface area (Å²) in [6, 6.07) is 1.67. The SMILES string of the molecule is Cc1nc(CN2CCN(Cc3csc([N+](=O)[O-])c3)CC2)no1. The predicted octanol–water partition coefficient (Wildman–Crippen LogP) is 1.67. The Morgan fingerprint density at radius 3 is 2.55 bits per heavy atom. The number of aryl methyl sites for hydroxylation is 1. The first-order valence-corrected chi connectivity index (χ1v) is 7.94. The average Bonchev–Trinajstić information content (AvgIpc) is 3.10. The topological polar surface area (TPSA) is 88.5 Å². The van der Waals surface area contributed by atoms with E-state index in [9.17, 15) is 10.1 Å². The second-order valence-corrected chi connectivity index (χ2v) is 6.22. The van der Waals surface area contributed by atoms with Crippen molar-refractivity contribution >= 4 is 16.3 Å². The summed E-state index contributed by atoms with van der Waals surface area (Å²) in [6.07, 6.45) is 0. The van der Waals surface area contributed by atoms with Crippen molar-refractivity contribution in [3.8, 4) is 0 Å². The van der Waals surface area contributed by atoms with Crippen molar-refractivity contribution in [1.82, 2.24) is 19.9 Å². The molecular weight excluding hydrogens is 306 g/mol. The van der Waals surface area contributed by atoms with Gasteiger partial charge in [-0.25, -0.2) is 0 Å². The standard InChI is InChI=1S/C13H17N5O3S/c1-10-14-12(15-21-10)8-17-4-2-16(3-5-17)7-11-6-13(18(19)20)22-9-11/h6,9H,2-5,7-8H2,1H3. The van der Waals surface area contributed by atoms with Gasteiger partial charge >= 0.3 is 5.00 Å². The van der Waals surface area contributed by atoms with Crippen molar-refractivity contribution in [2.75, 3.05) is 26.2 Å². The summed E-state index contributed by atoms with van der Waals surface area (Å²) in [4.78, 5) is 19.2. The zero-order valence-corrected chi connectivity index (χ0v) is 13.1. The van der Waals surface area contributed by atoms with Crippen LogP contribution in [0.3, 0.4) is 0 Å². The van der Waals surface area contributed by atoms with Crippen molar-refractivity contribution in [1.29, 1.82) is 0 Å². The summed E-state index contributed by atoms with van der Waals surface area (Å²) in [5.74, 6) is 1.31. The Hall–Kier alpha value is -1.84. The number of hydrogen-bond donors (Lipinski definition) is 0. The van der Waals surface area contributed by atoms with Crippen molar-refractivity contribution in [3.63, 3.8) is 0 Å². The molecule has 22 heavy (non-hydrogen) atoms. The van der Waals surface area contributed by atoms with E-state index in [4.69, 9.17) is 4.52 Å². The van der Waals surface area contributed by atoms with Crippen LogP contribution in [0.5, 0.6) is 0 Å². The van der Waals surface area contributed by atoms with E-state index in [2.05, 4.69) is 19.9 Å². The molecule has 0 radical (unpaired) electrons. The minimum Gasteiger partial charge on any atom is -0.340 e. The smallest absolute Gasteiger partial charge is 0.324 e. The Balaban J connectivity index is 1.47. The van der Waals surface area contributed by atoms with E-state index in [1.54, 1.807) is 13.0 Å². The predicted molar refractivity (Wildman–Crippen MR) is 80.6 cm³/mol. The van der Waals surface area contributed by atoms with Crippen LogP contribution in [0.25, 0.3) is 0 Å². The molecular formula is C13H17N5O3S. The third-order valence-electron chi connectivity index (χ3n) is 3.63. The Labute approximate surface area is 131 Å². The molecule has 1 aliphatic rings. The van der Waals surface area contributed by atoms with E-state index in [0.29, 0.717) is 12.4 Å². The van der Waals surface area contributed by atoms with Crippen LogP contribution >= 0.6 is 11.3 Å². The highest BCUT2D eigenvalue weighted by molar-refractivity contribution is 7.13. The molecule has 0 atom stereocenters. The molecule has 8 nitrogen and oxygen atoms in total. The highest BCUT2D eigenvalue weighted by Gasteiger charge is 2.20. The Morgan fingerprint density at radius 1 is 1.32 bits per heavy atom. The molecule has 0 amide bonds. The zero-order chi connectivity index (χ0) is 15.5. The van der Waals surface area contributed by atoms with E-state index < -0.39 is 0 Å². The van der Waals surface area contributed by atoms with Gasteiger partial charge in [-0.05, 0) is 5.56 Å². The van der Waals surface area contributed by atoms with Gasteiger partial charge < -0.3 is 4.52 Å². The first-order valence-electron chi connectivity index (χ1n) is 7.06. The largest absolute Gasteiger partial charge is 0.340 e. The van der Waals surface area contributed by atoms with E-state index in [1.165, 1.54) is 11.3 Å². The van der Waals surface area contributed by atoms with Crippen LogP contribution in [-0.4, -0.2) is 51.0 Å². The number of nitro groups is 1. The zero-order valence-electron chi connectivity index (χ0n) is 12.3. The molecule has 1 saturated heterocycles. The molecule has 0 aliphatic carbocycles. The Morgan fingerprint density at radius 2 is 2.00 bits per heavy atom. The molecule has 2 aromatic rings. The molecule has 2 aromatic heterocycles. The highest BCUT2D eigenvalue weighted by atomic mass is 32.1. The molecule has 0 bridgehead atoms. The summed E-state index contributed by atoms with van der Waals surface area (Å²) >= 11 is 1.19. The van der Waals surface area contributed by atoms with Gasteiger partial charge in [-0.2, -0.15) is 4.98 Å². The fourth-order valence-electron chi connectivity index (χ4n) is 2.51. The molecule has 0 N–H and O–H groups in total. The second kappa shape index (κ2) is 6.51. The molecule has 3 heterocycles. The van der Waals surface area contributed by atoms with E-state index in [-0.39, 0.29) is 9.92 Å². The lowest BCUT2D eigenvalue weighted by atomic mass is 10.2. The summed E-state index contributed by atoms with van der Waals surface area (Å²) in [7, 11) is 0. The minimum atomic E-state index is -0.334.